The summed E-state index contributed by atoms with van der Waals surface area (Å²) in [5, 5.41) is 4.54. The molecular formula is C14H17N3O. The third-order valence-corrected chi connectivity index (χ3v) is 3.81. The van der Waals surface area contributed by atoms with Crippen molar-refractivity contribution in [2.24, 2.45) is 0 Å². The molecule has 1 unspecified atom stereocenters. The van der Waals surface area contributed by atoms with E-state index in [0.717, 1.165) is 41.4 Å². The van der Waals surface area contributed by atoms with E-state index in [1.54, 1.807) is 0 Å². The standard InChI is InChI=1S/C14H17N3O/c1-9-13(11-6-4-8-16-11)10-5-2-3-7-12(10)17(15)14(9)18/h2-3,5,7,11,16H,4,6,8,15H2,1H3. The third-order valence-electron chi connectivity index (χ3n) is 3.81. The Morgan fingerprint density at radius 1 is 1.39 bits per heavy atom. The van der Waals surface area contributed by atoms with Crippen molar-refractivity contribution in [2.75, 3.05) is 12.4 Å². The highest BCUT2D eigenvalue weighted by Gasteiger charge is 2.22. The van der Waals surface area contributed by atoms with E-state index in [0.29, 0.717) is 0 Å². The molecule has 3 N–H and O–H groups in total. The minimum absolute atomic E-state index is 0.0996. The van der Waals surface area contributed by atoms with Crippen LogP contribution >= 0.6 is 0 Å². The molecule has 1 aromatic carbocycles. The average molecular weight is 243 g/mol. The molecule has 0 aliphatic carbocycles. The van der Waals surface area contributed by atoms with Gasteiger partial charge in [-0.3, -0.25) is 4.79 Å². The van der Waals surface area contributed by atoms with E-state index in [1.165, 1.54) is 4.68 Å². The summed E-state index contributed by atoms with van der Waals surface area (Å²) in [6.45, 7) is 2.89. The van der Waals surface area contributed by atoms with Gasteiger partial charge in [-0.25, -0.2) is 4.68 Å². The van der Waals surface area contributed by atoms with Crippen molar-refractivity contribution in [3.8, 4) is 0 Å². The Morgan fingerprint density at radius 2 is 2.17 bits per heavy atom. The first-order valence-electron chi connectivity index (χ1n) is 6.33. The van der Waals surface area contributed by atoms with Gasteiger partial charge in [0.25, 0.3) is 5.56 Å². The number of benzene rings is 1. The van der Waals surface area contributed by atoms with Gasteiger partial charge in [0, 0.05) is 17.0 Å². The van der Waals surface area contributed by atoms with Crippen LogP contribution in [0.4, 0.5) is 0 Å². The van der Waals surface area contributed by atoms with Crippen molar-refractivity contribution in [3.63, 3.8) is 0 Å². The molecule has 1 fully saturated rings. The van der Waals surface area contributed by atoms with Gasteiger partial charge < -0.3 is 11.2 Å². The maximum absolute atomic E-state index is 12.2. The number of nitrogen functional groups attached to an aromatic ring is 1. The van der Waals surface area contributed by atoms with Crippen LogP contribution in [-0.2, 0) is 0 Å². The zero-order valence-corrected chi connectivity index (χ0v) is 10.4. The molecule has 0 amide bonds. The van der Waals surface area contributed by atoms with Crippen molar-refractivity contribution in [3.05, 3.63) is 45.7 Å². The summed E-state index contributed by atoms with van der Waals surface area (Å²) in [5.74, 6) is 5.87. The van der Waals surface area contributed by atoms with Gasteiger partial charge in [-0.15, -0.1) is 0 Å². The number of para-hydroxylation sites is 1. The summed E-state index contributed by atoms with van der Waals surface area (Å²) in [4.78, 5) is 12.2. The van der Waals surface area contributed by atoms with E-state index in [4.69, 9.17) is 5.84 Å². The molecule has 0 radical (unpaired) electrons. The fourth-order valence-corrected chi connectivity index (χ4v) is 2.90. The highest BCUT2D eigenvalue weighted by molar-refractivity contribution is 5.84. The van der Waals surface area contributed by atoms with Crippen LogP contribution in [0.15, 0.2) is 29.1 Å². The quantitative estimate of drug-likeness (QED) is 0.745. The first-order valence-corrected chi connectivity index (χ1v) is 6.33. The summed E-state index contributed by atoms with van der Waals surface area (Å²) < 4.78 is 1.25. The van der Waals surface area contributed by atoms with E-state index in [9.17, 15) is 4.79 Å². The zero-order chi connectivity index (χ0) is 12.7. The largest absolute Gasteiger partial charge is 0.336 e. The molecule has 0 bridgehead atoms. The molecule has 1 aliphatic heterocycles. The Hall–Kier alpha value is -1.81. The molecule has 1 saturated heterocycles. The lowest BCUT2D eigenvalue weighted by Crippen LogP contribution is -2.31. The number of hydrogen-bond donors (Lipinski definition) is 2. The molecule has 4 heteroatoms. The summed E-state index contributed by atoms with van der Waals surface area (Å²) >= 11 is 0. The molecule has 94 valence electrons. The predicted molar refractivity (Wildman–Crippen MR) is 73.1 cm³/mol. The number of rotatable bonds is 1. The van der Waals surface area contributed by atoms with Crippen LogP contribution in [0.25, 0.3) is 10.9 Å². The lowest BCUT2D eigenvalue weighted by atomic mass is 9.96. The number of fused-ring (bicyclic) bond motifs is 1. The number of nitrogens with zero attached hydrogens (tertiary/aromatic N) is 1. The van der Waals surface area contributed by atoms with Crippen LogP contribution in [0.5, 0.6) is 0 Å². The summed E-state index contributed by atoms with van der Waals surface area (Å²) in [6.07, 6.45) is 2.24. The Balaban J connectivity index is 2.38. The van der Waals surface area contributed by atoms with Crippen LogP contribution in [0.2, 0.25) is 0 Å². The van der Waals surface area contributed by atoms with E-state index < -0.39 is 0 Å². The second-order valence-corrected chi connectivity index (χ2v) is 4.88. The molecule has 4 nitrogen and oxygen atoms in total. The Labute approximate surface area is 105 Å². The average Bonchev–Trinajstić information content (AvgIpc) is 2.90. The predicted octanol–water partition coefficient (Wildman–Crippen LogP) is 1.45. The first-order chi connectivity index (χ1) is 8.70. The maximum atomic E-state index is 12.2. The van der Waals surface area contributed by atoms with Crippen LogP contribution in [0, 0.1) is 6.92 Å². The molecule has 1 atom stereocenters. The van der Waals surface area contributed by atoms with Crippen molar-refractivity contribution in [1.29, 1.82) is 0 Å². The number of nitrogens with one attached hydrogen (secondary N) is 1. The zero-order valence-electron chi connectivity index (χ0n) is 10.4. The first kappa shape index (κ1) is 11.3. The fourth-order valence-electron chi connectivity index (χ4n) is 2.90. The van der Waals surface area contributed by atoms with Crippen molar-refractivity contribution < 1.29 is 0 Å². The van der Waals surface area contributed by atoms with Gasteiger partial charge in [-0.2, -0.15) is 0 Å². The topological polar surface area (TPSA) is 60.1 Å². The van der Waals surface area contributed by atoms with E-state index in [2.05, 4.69) is 5.32 Å². The minimum atomic E-state index is -0.0996. The molecule has 2 aromatic rings. The van der Waals surface area contributed by atoms with Crippen LogP contribution in [-0.4, -0.2) is 11.2 Å². The highest BCUT2D eigenvalue weighted by atomic mass is 16.1. The van der Waals surface area contributed by atoms with Crippen LogP contribution in [0.3, 0.4) is 0 Å². The fraction of sp³-hybridized carbons (Fsp3) is 0.357. The van der Waals surface area contributed by atoms with Gasteiger partial charge in [0.2, 0.25) is 0 Å². The van der Waals surface area contributed by atoms with Gasteiger partial charge >= 0.3 is 0 Å². The smallest absolute Gasteiger partial charge is 0.272 e. The SMILES string of the molecule is Cc1c(C2CCCN2)c2ccccc2n(N)c1=O. The lowest BCUT2D eigenvalue weighted by Gasteiger charge is -2.18. The summed E-state index contributed by atoms with van der Waals surface area (Å²) in [7, 11) is 0. The van der Waals surface area contributed by atoms with Crippen LogP contribution < -0.4 is 16.7 Å². The van der Waals surface area contributed by atoms with Crippen molar-refractivity contribution in [1.82, 2.24) is 9.99 Å². The number of pyridine rings is 1. The third kappa shape index (κ3) is 1.53. The molecule has 2 heterocycles. The van der Waals surface area contributed by atoms with Crippen molar-refractivity contribution >= 4 is 10.9 Å². The monoisotopic (exact) mass is 243 g/mol. The Bertz CT molecular complexity index is 654. The Morgan fingerprint density at radius 3 is 2.89 bits per heavy atom. The van der Waals surface area contributed by atoms with Crippen LogP contribution in [0.1, 0.15) is 30.0 Å². The highest BCUT2D eigenvalue weighted by Crippen LogP contribution is 2.30. The molecule has 0 spiro atoms. The maximum Gasteiger partial charge on any atom is 0.272 e. The van der Waals surface area contributed by atoms with Gasteiger partial charge in [-0.05, 0) is 37.9 Å². The van der Waals surface area contributed by atoms with E-state index in [-0.39, 0.29) is 11.6 Å². The minimum Gasteiger partial charge on any atom is -0.336 e. The van der Waals surface area contributed by atoms with Gasteiger partial charge in [0.1, 0.15) is 0 Å². The summed E-state index contributed by atoms with van der Waals surface area (Å²) in [6, 6.07) is 8.12. The molecule has 3 rings (SSSR count). The molecule has 1 aromatic heterocycles. The van der Waals surface area contributed by atoms with E-state index in [1.807, 2.05) is 31.2 Å². The molecule has 1 aliphatic rings. The lowest BCUT2D eigenvalue weighted by molar-refractivity contribution is 0.645. The normalized spacial score (nSPS) is 19.5. The Kier molecular flexibility index (Phi) is 2.59. The molecular weight excluding hydrogens is 226 g/mol. The van der Waals surface area contributed by atoms with Gasteiger partial charge in [0.15, 0.2) is 0 Å². The molecule has 18 heavy (non-hydrogen) atoms. The van der Waals surface area contributed by atoms with Gasteiger partial charge in [-0.1, -0.05) is 18.2 Å². The summed E-state index contributed by atoms with van der Waals surface area (Å²) in [5.41, 5.74) is 2.58. The second kappa shape index (κ2) is 4.14. The second-order valence-electron chi connectivity index (χ2n) is 4.88. The van der Waals surface area contributed by atoms with E-state index >= 15 is 0 Å². The number of hydrogen-bond acceptors (Lipinski definition) is 3. The van der Waals surface area contributed by atoms with Gasteiger partial charge in [0.05, 0.1) is 5.52 Å². The van der Waals surface area contributed by atoms with Crippen molar-refractivity contribution in [2.45, 2.75) is 25.8 Å². The molecule has 0 saturated carbocycles. The number of nitrogens with two attached hydrogens (primary N) is 1. The number of aromatic nitrogens is 1.